The predicted molar refractivity (Wildman–Crippen MR) is 91.9 cm³/mol. The number of hydrogen-bond donors (Lipinski definition) is 3. The van der Waals surface area contributed by atoms with Crippen LogP contribution in [0.15, 0.2) is 42.7 Å². The maximum Gasteiger partial charge on any atom is 0.411 e. The summed E-state index contributed by atoms with van der Waals surface area (Å²) < 4.78 is 4.51. The van der Waals surface area contributed by atoms with Gasteiger partial charge in [-0.2, -0.15) is 0 Å². The molecule has 126 valence electrons. The lowest BCUT2D eigenvalue weighted by molar-refractivity contribution is 0.187. The van der Waals surface area contributed by atoms with Crippen molar-refractivity contribution in [2.45, 2.75) is 19.9 Å². The van der Waals surface area contributed by atoms with Crippen molar-refractivity contribution in [1.82, 2.24) is 10.3 Å². The molecular formula is C17H20N4O3. The normalized spacial score (nSPS) is 9.92. The third-order valence-corrected chi connectivity index (χ3v) is 3.40. The van der Waals surface area contributed by atoms with Crippen LogP contribution in [-0.2, 0) is 17.7 Å². The number of pyridine rings is 1. The molecule has 7 heteroatoms. The van der Waals surface area contributed by atoms with Gasteiger partial charge in [0.2, 0.25) is 0 Å². The summed E-state index contributed by atoms with van der Waals surface area (Å²) in [5.41, 5.74) is 3.35. The topological polar surface area (TPSA) is 92.4 Å². The van der Waals surface area contributed by atoms with E-state index in [1.165, 1.54) is 7.11 Å². The van der Waals surface area contributed by atoms with E-state index in [9.17, 15) is 9.59 Å². The number of anilines is 2. The van der Waals surface area contributed by atoms with Gasteiger partial charge in [-0.3, -0.25) is 10.3 Å². The molecule has 0 radical (unpaired) electrons. The Morgan fingerprint density at radius 2 is 1.71 bits per heavy atom. The Labute approximate surface area is 140 Å². The van der Waals surface area contributed by atoms with Crippen molar-refractivity contribution in [2.75, 3.05) is 17.7 Å². The summed E-state index contributed by atoms with van der Waals surface area (Å²) in [5.74, 6) is 0. The number of amides is 3. The smallest absolute Gasteiger partial charge is 0.411 e. The maximum absolute atomic E-state index is 12.0. The number of hydrogen-bond acceptors (Lipinski definition) is 4. The Bertz CT molecular complexity index is 701. The quantitative estimate of drug-likeness (QED) is 0.786. The number of rotatable bonds is 5. The zero-order chi connectivity index (χ0) is 17.4. The number of ether oxygens (including phenoxy) is 1. The van der Waals surface area contributed by atoms with Crippen LogP contribution in [0.1, 0.15) is 18.1 Å². The van der Waals surface area contributed by atoms with Crippen molar-refractivity contribution in [3.05, 3.63) is 53.9 Å². The first-order valence-corrected chi connectivity index (χ1v) is 7.54. The van der Waals surface area contributed by atoms with E-state index in [1.807, 2.05) is 19.2 Å². The van der Waals surface area contributed by atoms with Crippen molar-refractivity contribution in [3.8, 4) is 0 Å². The summed E-state index contributed by atoms with van der Waals surface area (Å²) in [6, 6.07) is 8.31. The van der Waals surface area contributed by atoms with Crippen LogP contribution >= 0.6 is 0 Å². The fourth-order valence-corrected chi connectivity index (χ4v) is 2.10. The standard InChI is InChI=1S/C17H20N4O3/c1-3-12-10-18-9-8-13(12)11-19-16(22)20-14-4-6-15(7-5-14)21-17(23)24-2/h4-10H,3,11H2,1-2H3,(H,21,23)(H2,19,20,22). The average Bonchev–Trinajstić information content (AvgIpc) is 2.61. The van der Waals surface area contributed by atoms with Gasteiger partial charge < -0.3 is 15.4 Å². The Hall–Kier alpha value is -3.09. The van der Waals surface area contributed by atoms with Gasteiger partial charge in [0, 0.05) is 30.3 Å². The van der Waals surface area contributed by atoms with Crippen LogP contribution < -0.4 is 16.0 Å². The first kappa shape index (κ1) is 17.3. The summed E-state index contributed by atoms with van der Waals surface area (Å²) in [7, 11) is 1.29. The first-order chi connectivity index (χ1) is 11.6. The fraction of sp³-hybridized carbons (Fsp3) is 0.235. The van der Waals surface area contributed by atoms with Gasteiger partial charge in [-0.1, -0.05) is 6.92 Å². The number of aromatic nitrogens is 1. The average molecular weight is 328 g/mol. The molecule has 0 atom stereocenters. The molecular weight excluding hydrogens is 308 g/mol. The minimum absolute atomic E-state index is 0.303. The second-order valence-corrected chi connectivity index (χ2v) is 5.00. The number of urea groups is 1. The van der Waals surface area contributed by atoms with E-state index in [4.69, 9.17) is 0 Å². The molecule has 1 heterocycles. The number of nitrogens with zero attached hydrogens (tertiary/aromatic N) is 1. The van der Waals surface area contributed by atoms with Gasteiger partial charge in [0.15, 0.2) is 0 Å². The molecule has 3 N–H and O–H groups in total. The molecule has 1 aromatic heterocycles. The van der Waals surface area contributed by atoms with Crippen molar-refractivity contribution >= 4 is 23.5 Å². The summed E-state index contributed by atoms with van der Waals surface area (Å²) in [6.45, 7) is 2.48. The molecule has 2 rings (SSSR count). The third-order valence-electron chi connectivity index (χ3n) is 3.40. The number of carbonyl (C=O) groups excluding carboxylic acids is 2. The second-order valence-electron chi connectivity index (χ2n) is 5.00. The number of carbonyl (C=O) groups is 2. The van der Waals surface area contributed by atoms with Crippen LogP contribution in [0.5, 0.6) is 0 Å². The van der Waals surface area contributed by atoms with Crippen molar-refractivity contribution in [2.24, 2.45) is 0 Å². The Balaban J connectivity index is 1.87. The van der Waals surface area contributed by atoms with E-state index in [1.54, 1.807) is 30.5 Å². The molecule has 0 unspecified atom stereocenters. The Morgan fingerprint density at radius 3 is 2.33 bits per heavy atom. The molecule has 0 aliphatic heterocycles. The van der Waals surface area contributed by atoms with Crippen LogP contribution in [0.4, 0.5) is 21.0 Å². The molecule has 2 aromatic rings. The second kappa shape index (κ2) is 8.52. The lowest BCUT2D eigenvalue weighted by atomic mass is 10.1. The lowest BCUT2D eigenvalue weighted by Gasteiger charge is -2.10. The number of aryl methyl sites for hydroxylation is 1. The number of benzene rings is 1. The van der Waals surface area contributed by atoms with Crippen LogP contribution in [0.2, 0.25) is 0 Å². The van der Waals surface area contributed by atoms with E-state index in [0.29, 0.717) is 17.9 Å². The van der Waals surface area contributed by atoms with E-state index < -0.39 is 6.09 Å². The molecule has 0 saturated heterocycles. The summed E-state index contributed by atoms with van der Waals surface area (Å²) in [5, 5.41) is 8.08. The molecule has 0 spiro atoms. The van der Waals surface area contributed by atoms with Gasteiger partial charge in [-0.25, -0.2) is 9.59 Å². The fourth-order valence-electron chi connectivity index (χ4n) is 2.10. The molecule has 0 aliphatic rings. The Morgan fingerprint density at radius 1 is 1.04 bits per heavy atom. The van der Waals surface area contributed by atoms with E-state index in [2.05, 4.69) is 25.7 Å². The molecule has 7 nitrogen and oxygen atoms in total. The lowest BCUT2D eigenvalue weighted by Crippen LogP contribution is -2.28. The van der Waals surface area contributed by atoms with Gasteiger partial charge >= 0.3 is 12.1 Å². The molecule has 0 saturated carbocycles. The predicted octanol–water partition coefficient (Wildman–Crippen LogP) is 3.14. The van der Waals surface area contributed by atoms with Gasteiger partial charge in [-0.15, -0.1) is 0 Å². The van der Waals surface area contributed by atoms with Crippen LogP contribution in [0, 0.1) is 0 Å². The molecule has 24 heavy (non-hydrogen) atoms. The highest BCUT2D eigenvalue weighted by Gasteiger charge is 2.05. The van der Waals surface area contributed by atoms with Gasteiger partial charge in [0.05, 0.1) is 7.11 Å². The summed E-state index contributed by atoms with van der Waals surface area (Å²) >= 11 is 0. The largest absolute Gasteiger partial charge is 0.453 e. The summed E-state index contributed by atoms with van der Waals surface area (Å²) in [6.07, 6.45) is 3.84. The monoisotopic (exact) mass is 328 g/mol. The molecule has 1 aromatic carbocycles. The molecule has 0 bridgehead atoms. The minimum atomic E-state index is -0.544. The number of methoxy groups -OCH3 is 1. The molecule has 0 aliphatic carbocycles. The van der Waals surface area contributed by atoms with E-state index >= 15 is 0 Å². The van der Waals surface area contributed by atoms with E-state index in [0.717, 1.165) is 17.5 Å². The highest BCUT2D eigenvalue weighted by molar-refractivity contribution is 5.90. The third kappa shape index (κ3) is 4.98. The van der Waals surface area contributed by atoms with Gasteiger partial charge in [0.1, 0.15) is 0 Å². The first-order valence-electron chi connectivity index (χ1n) is 7.54. The SMILES string of the molecule is CCc1cnccc1CNC(=O)Nc1ccc(NC(=O)OC)cc1. The van der Waals surface area contributed by atoms with Gasteiger partial charge in [-0.05, 0) is 47.9 Å². The number of nitrogens with one attached hydrogen (secondary N) is 3. The highest BCUT2D eigenvalue weighted by Crippen LogP contribution is 2.14. The minimum Gasteiger partial charge on any atom is -0.453 e. The Kier molecular flexibility index (Phi) is 6.13. The van der Waals surface area contributed by atoms with E-state index in [-0.39, 0.29) is 6.03 Å². The van der Waals surface area contributed by atoms with Crippen molar-refractivity contribution < 1.29 is 14.3 Å². The van der Waals surface area contributed by atoms with Crippen LogP contribution in [0.25, 0.3) is 0 Å². The zero-order valence-corrected chi connectivity index (χ0v) is 13.6. The van der Waals surface area contributed by atoms with Crippen molar-refractivity contribution in [1.29, 1.82) is 0 Å². The summed E-state index contributed by atoms with van der Waals surface area (Å²) in [4.78, 5) is 27.1. The van der Waals surface area contributed by atoms with Crippen LogP contribution in [-0.4, -0.2) is 24.2 Å². The zero-order valence-electron chi connectivity index (χ0n) is 13.6. The van der Waals surface area contributed by atoms with Crippen LogP contribution in [0.3, 0.4) is 0 Å². The molecule has 0 fully saturated rings. The molecule has 3 amide bonds. The highest BCUT2D eigenvalue weighted by atomic mass is 16.5. The van der Waals surface area contributed by atoms with Crippen molar-refractivity contribution in [3.63, 3.8) is 0 Å². The maximum atomic E-state index is 12.0. The van der Waals surface area contributed by atoms with Gasteiger partial charge in [0.25, 0.3) is 0 Å².